The van der Waals surface area contributed by atoms with Gasteiger partial charge < -0.3 is 4.74 Å². The lowest BCUT2D eigenvalue weighted by molar-refractivity contribution is -0.385. The van der Waals surface area contributed by atoms with Crippen LogP contribution < -0.4 is 5.32 Å². The average Bonchev–Trinajstić information content (AvgIpc) is 2.75. The minimum absolute atomic E-state index is 0.00583. The second-order valence-electron chi connectivity index (χ2n) is 2.67. The van der Waals surface area contributed by atoms with E-state index in [0.29, 0.717) is 13.3 Å². The number of nitrogens with one attached hydrogen (secondary N) is 1. The van der Waals surface area contributed by atoms with Gasteiger partial charge in [-0.3, -0.25) is 15.4 Å². The number of nitro groups is 1. The lowest BCUT2D eigenvalue weighted by Gasteiger charge is -2.06. The summed E-state index contributed by atoms with van der Waals surface area (Å²) in [7, 11) is 0. The first-order valence-electron chi connectivity index (χ1n) is 3.77. The van der Waals surface area contributed by atoms with Crippen molar-refractivity contribution in [1.82, 2.24) is 15.1 Å². The van der Waals surface area contributed by atoms with E-state index in [0.717, 1.165) is 0 Å². The molecule has 0 saturated carbocycles. The van der Waals surface area contributed by atoms with Crippen molar-refractivity contribution in [3.05, 3.63) is 22.5 Å². The zero-order valence-corrected chi connectivity index (χ0v) is 6.71. The lowest BCUT2D eigenvalue weighted by atomic mass is 10.5. The SMILES string of the molecule is O=[N+]([O-])c1cnn(C2COCN2)c1. The van der Waals surface area contributed by atoms with Crippen LogP contribution in [0.1, 0.15) is 6.17 Å². The molecular weight excluding hydrogens is 176 g/mol. The second kappa shape index (κ2) is 3.11. The van der Waals surface area contributed by atoms with Crippen molar-refractivity contribution >= 4 is 5.69 Å². The average molecular weight is 184 g/mol. The highest BCUT2D eigenvalue weighted by atomic mass is 16.6. The molecule has 1 aliphatic heterocycles. The number of aromatic nitrogens is 2. The molecule has 1 N–H and O–H groups in total. The summed E-state index contributed by atoms with van der Waals surface area (Å²) in [5.41, 5.74) is -0.00583. The molecule has 0 aliphatic carbocycles. The van der Waals surface area contributed by atoms with Crippen molar-refractivity contribution < 1.29 is 9.66 Å². The fourth-order valence-corrected chi connectivity index (χ4v) is 1.15. The van der Waals surface area contributed by atoms with E-state index < -0.39 is 4.92 Å². The number of hydrogen-bond donors (Lipinski definition) is 1. The summed E-state index contributed by atoms with van der Waals surface area (Å²) in [4.78, 5) is 9.86. The van der Waals surface area contributed by atoms with Gasteiger partial charge in [-0.1, -0.05) is 0 Å². The highest BCUT2D eigenvalue weighted by Crippen LogP contribution is 2.13. The first-order chi connectivity index (χ1) is 6.27. The summed E-state index contributed by atoms with van der Waals surface area (Å²) >= 11 is 0. The van der Waals surface area contributed by atoms with Gasteiger partial charge in [0.05, 0.1) is 18.3 Å². The molecular formula is C6H8N4O3. The second-order valence-corrected chi connectivity index (χ2v) is 2.67. The van der Waals surface area contributed by atoms with Gasteiger partial charge in [-0.05, 0) is 0 Å². The van der Waals surface area contributed by atoms with E-state index in [1.54, 1.807) is 0 Å². The number of hydrogen-bond acceptors (Lipinski definition) is 5. The van der Waals surface area contributed by atoms with E-state index >= 15 is 0 Å². The van der Waals surface area contributed by atoms with E-state index in [2.05, 4.69) is 10.4 Å². The molecule has 0 bridgehead atoms. The molecule has 1 fully saturated rings. The van der Waals surface area contributed by atoms with Crippen LogP contribution in [0.2, 0.25) is 0 Å². The van der Waals surface area contributed by atoms with Gasteiger partial charge in [0.15, 0.2) is 0 Å². The van der Waals surface area contributed by atoms with Crippen molar-refractivity contribution in [2.75, 3.05) is 13.3 Å². The van der Waals surface area contributed by atoms with Gasteiger partial charge in [-0.2, -0.15) is 5.10 Å². The Kier molecular flexibility index (Phi) is 1.95. The van der Waals surface area contributed by atoms with Gasteiger partial charge >= 0.3 is 5.69 Å². The predicted molar refractivity (Wildman–Crippen MR) is 41.9 cm³/mol. The minimum Gasteiger partial charge on any atom is -0.363 e. The monoisotopic (exact) mass is 184 g/mol. The van der Waals surface area contributed by atoms with E-state index in [1.165, 1.54) is 17.1 Å². The Balaban J connectivity index is 2.16. The van der Waals surface area contributed by atoms with Crippen LogP contribution in [0.4, 0.5) is 5.69 Å². The van der Waals surface area contributed by atoms with Gasteiger partial charge in [-0.15, -0.1) is 0 Å². The standard InChI is InChI=1S/C6H8N4O3/c11-10(12)5-1-8-9(2-5)6-3-13-4-7-6/h1-2,6-7H,3-4H2. The van der Waals surface area contributed by atoms with Crippen LogP contribution in [0.3, 0.4) is 0 Å². The zero-order valence-electron chi connectivity index (χ0n) is 6.71. The van der Waals surface area contributed by atoms with E-state index in [4.69, 9.17) is 4.74 Å². The van der Waals surface area contributed by atoms with Crippen molar-refractivity contribution in [2.24, 2.45) is 0 Å². The van der Waals surface area contributed by atoms with Gasteiger partial charge in [-0.25, -0.2) is 4.68 Å². The van der Waals surface area contributed by atoms with E-state index in [9.17, 15) is 10.1 Å². The first-order valence-corrected chi connectivity index (χ1v) is 3.77. The Morgan fingerprint density at radius 3 is 3.23 bits per heavy atom. The third-order valence-corrected chi connectivity index (χ3v) is 1.81. The quantitative estimate of drug-likeness (QED) is 0.511. The van der Waals surface area contributed by atoms with Gasteiger partial charge in [0.25, 0.3) is 0 Å². The Morgan fingerprint density at radius 1 is 1.85 bits per heavy atom. The zero-order chi connectivity index (χ0) is 9.26. The largest absolute Gasteiger partial charge is 0.363 e. The summed E-state index contributed by atoms with van der Waals surface area (Å²) in [5, 5.41) is 17.2. The van der Waals surface area contributed by atoms with Crippen LogP contribution >= 0.6 is 0 Å². The van der Waals surface area contributed by atoms with Crippen molar-refractivity contribution in [3.63, 3.8) is 0 Å². The minimum atomic E-state index is -0.473. The molecule has 0 aromatic carbocycles. The van der Waals surface area contributed by atoms with Gasteiger partial charge in [0.1, 0.15) is 18.6 Å². The molecule has 1 unspecified atom stereocenters. The third-order valence-electron chi connectivity index (χ3n) is 1.81. The molecule has 70 valence electrons. The fourth-order valence-electron chi connectivity index (χ4n) is 1.15. The number of rotatable bonds is 2. The molecule has 1 aromatic heterocycles. The molecule has 0 spiro atoms. The van der Waals surface area contributed by atoms with Crippen LogP contribution in [0.5, 0.6) is 0 Å². The van der Waals surface area contributed by atoms with Gasteiger partial charge in [0.2, 0.25) is 0 Å². The molecule has 0 amide bonds. The predicted octanol–water partition coefficient (Wildman–Crippen LogP) is -0.133. The topological polar surface area (TPSA) is 82.2 Å². The van der Waals surface area contributed by atoms with Crippen molar-refractivity contribution in [2.45, 2.75) is 6.17 Å². The molecule has 0 radical (unpaired) electrons. The number of nitrogens with zero attached hydrogens (tertiary/aromatic N) is 3. The van der Waals surface area contributed by atoms with Crippen LogP contribution in [0.25, 0.3) is 0 Å². The van der Waals surface area contributed by atoms with Crippen LogP contribution in [0, 0.1) is 10.1 Å². The first kappa shape index (κ1) is 8.14. The molecule has 13 heavy (non-hydrogen) atoms. The Morgan fingerprint density at radius 2 is 2.69 bits per heavy atom. The Bertz CT molecular complexity index is 317. The van der Waals surface area contributed by atoms with Crippen LogP contribution in [0.15, 0.2) is 12.4 Å². The normalized spacial score (nSPS) is 22.0. The Labute approximate surface area is 73.4 Å². The smallest absolute Gasteiger partial charge is 0.307 e. The molecule has 1 aromatic rings. The molecule has 1 aliphatic rings. The molecule has 1 saturated heterocycles. The highest BCUT2D eigenvalue weighted by molar-refractivity contribution is 5.20. The lowest BCUT2D eigenvalue weighted by Crippen LogP contribution is -2.21. The van der Waals surface area contributed by atoms with Crippen molar-refractivity contribution in [3.8, 4) is 0 Å². The summed E-state index contributed by atoms with van der Waals surface area (Å²) in [5.74, 6) is 0. The molecule has 7 nitrogen and oxygen atoms in total. The van der Waals surface area contributed by atoms with Crippen molar-refractivity contribution in [1.29, 1.82) is 0 Å². The van der Waals surface area contributed by atoms with Crippen LogP contribution in [-0.2, 0) is 4.74 Å². The summed E-state index contributed by atoms with van der Waals surface area (Å²) < 4.78 is 6.53. The van der Waals surface area contributed by atoms with E-state index in [1.807, 2.05) is 0 Å². The highest BCUT2D eigenvalue weighted by Gasteiger charge is 2.19. The summed E-state index contributed by atoms with van der Waals surface area (Å²) in [6.45, 7) is 0.942. The molecule has 2 heterocycles. The number of ether oxygens (including phenoxy) is 1. The maximum atomic E-state index is 10.3. The fraction of sp³-hybridized carbons (Fsp3) is 0.500. The van der Waals surface area contributed by atoms with E-state index in [-0.39, 0.29) is 11.9 Å². The summed E-state index contributed by atoms with van der Waals surface area (Å²) in [6.07, 6.45) is 2.51. The third kappa shape index (κ3) is 1.51. The molecule has 1 atom stereocenters. The molecule has 7 heteroatoms. The maximum Gasteiger partial charge on any atom is 0.307 e. The maximum absolute atomic E-state index is 10.3. The van der Waals surface area contributed by atoms with Crippen LogP contribution in [-0.4, -0.2) is 28.0 Å². The Hall–Kier alpha value is -1.47. The summed E-state index contributed by atoms with van der Waals surface area (Å²) in [6, 6.07) is 0. The molecule has 2 rings (SSSR count). The van der Waals surface area contributed by atoms with Gasteiger partial charge in [0, 0.05) is 0 Å².